The van der Waals surface area contributed by atoms with E-state index < -0.39 is 10.9 Å². The first-order valence-electron chi connectivity index (χ1n) is 16.4. The molecule has 4 heterocycles. The molecule has 250 valence electrons. The molecule has 47 heavy (non-hydrogen) atoms. The number of carbonyl (C=O) groups is 2. The van der Waals surface area contributed by atoms with E-state index in [0.29, 0.717) is 30.7 Å². The van der Waals surface area contributed by atoms with Crippen molar-refractivity contribution in [2.45, 2.75) is 44.7 Å². The van der Waals surface area contributed by atoms with Gasteiger partial charge >= 0.3 is 0 Å². The zero-order valence-electron chi connectivity index (χ0n) is 26.6. The van der Waals surface area contributed by atoms with Crippen LogP contribution in [0, 0.1) is 0 Å². The number of nitrogens with one attached hydrogen (secondary N) is 1. The van der Waals surface area contributed by atoms with Crippen LogP contribution in [0.1, 0.15) is 53.3 Å². The summed E-state index contributed by atoms with van der Waals surface area (Å²) in [7, 11) is 0. The number of rotatable bonds is 6. The number of nitrogens with two attached hydrogens (primary N) is 1. The van der Waals surface area contributed by atoms with Gasteiger partial charge in [0.15, 0.2) is 17.2 Å². The summed E-state index contributed by atoms with van der Waals surface area (Å²) in [4.78, 5) is 57.3. The van der Waals surface area contributed by atoms with E-state index in [9.17, 15) is 29.4 Å². The molecule has 7 rings (SSSR count). The Balaban J connectivity index is 0.000000177. The van der Waals surface area contributed by atoms with Gasteiger partial charge in [0.05, 0.1) is 29.1 Å². The molecule has 0 aromatic heterocycles. The summed E-state index contributed by atoms with van der Waals surface area (Å²) < 4.78 is 5.18. The van der Waals surface area contributed by atoms with Crippen LogP contribution in [0.4, 0.5) is 17.1 Å². The first-order chi connectivity index (χ1) is 22.7. The quantitative estimate of drug-likeness (QED) is 0.175. The molecular weight excluding hydrogens is 604 g/mol. The van der Waals surface area contributed by atoms with E-state index in [1.807, 2.05) is 4.90 Å². The molecule has 3 aromatic carbocycles. The second-order valence-electron chi connectivity index (χ2n) is 12.5. The Morgan fingerprint density at radius 1 is 0.809 bits per heavy atom. The molecule has 2 atom stereocenters. The van der Waals surface area contributed by atoms with Crippen LogP contribution in [-0.2, 0) is 0 Å². The SMILES string of the molecule is CCOc1c(Nc2cccc(C(=O)N3CCN4CCC[C@H]4C3)c2O)c(=O)c1=O.Nc1cccc(C(=O)N2CCN3CCC[C@H]3C2)c1O. The molecular formula is C34H42N6O7. The minimum absolute atomic E-state index is 0.00585. The second-order valence-corrected chi connectivity index (χ2v) is 12.5. The average Bonchev–Trinajstić information content (AvgIpc) is 3.77. The molecule has 0 spiro atoms. The van der Waals surface area contributed by atoms with Crippen molar-refractivity contribution >= 4 is 28.9 Å². The molecule has 0 radical (unpaired) electrons. The van der Waals surface area contributed by atoms with E-state index in [4.69, 9.17) is 10.5 Å². The number of anilines is 3. The summed E-state index contributed by atoms with van der Waals surface area (Å²) >= 11 is 0. The number of piperazine rings is 2. The number of nitrogens with zero attached hydrogens (tertiary/aromatic N) is 4. The number of hydrogen-bond donors (Lipinski definition) is 4. The molecule has 4 fully saturated rings. The highest BCUT2D eigenvalue weighted by Crippen LogP contribution is 2.34. The highest BCUT2D eigenvalue weighted by molar-refractivity contribution is 5.99. The smallest absolute Gasteiger partial charge is 0.272 e. The normalized spacial score (nSPS) is 21.1. The van der Waals surface area contributed by atoms with Crippen LogP contribution in [0.25, 0.3) is 0 Å². The van der Waals surface area contributed by atoms with Crippen molar-refractivity contribution in [2.24, 2.45) is 0 Å². The lowest BCUT2D eigenvalue weighted by molar-refractivity contribution is 0.0563. The maximum absolute atomic E-state index is 13.0. The van der Waals surface area contributed by atoms with Crippen LogP contribution in [0.3, 0.4) is 0 Å². The molecule has 13 heteroatoms. The number of nitrogen functional groups attached to an aromatic ring is 1. The van der Waals surface area contributed by atoms with Crippen LogP contribution in [-0.4, -0.2) is 113 Å². The Bertz CT molecular complexity index is 1720. The summed E-state index contributed by atoms with van der Waals surface area (Å²) in [5.41, 5.74) is 5.20. The fourth-order valence-electron chi connectivity index (χ4n) is 7.14. The van der Waals surface area contributed by atoms with Crippen LogP contribution < -0.4 is 26.6 Å². The van der Waals surface area contributed by atoms with Crippen LogP contribution in [0.2, 0.25) is 0 Å². The van der Waals surface area contributed by atoms with Crippen LogP contribution in [0.5, 0.6) is 17.2 Å². The molecule has 4 saturated heterocycles. The molecule has 3 aromatic rings. The maximum atomic E-state index is 13.0. The van der Waals surface area contributed by atoms with Gasteiger partial charge in [-0.1, -0.05) is 12.1 Å². The third kappa shape index (κ3) is 6.37. The van der Waals surface area contributed by atoms with Gasteiger partial charge in [0.25, 0.3) is 22.7 Å². The van der Waals surface area contributed by atoms with Gasteiger partial charge in [-0.3, -0.25) is 29.0 Å². The number of phenolic OH excluding ortho intramolecular Hbond substituents is 2. The van der Waals surface area contributed by atoms with Crippen LogP contribution >= 0.6 is 0 Å². The number of aromatic hydroxyl groups is 2. The van der Waals surface area contributed by atoms with E-state index in [1.54, 1.807) is 48.2 Å². The van der Waals surface area contributed by atoms with Crippen molar-refractivity contribution in [3.8, 4) is 17.2 Å². The van der Waals surface area contributed by atoms with Crippen molar-refractivity contribution in [2.75, 3.05) is 70.0 Å². The van der Waals surface area contributed by atoms with Crippen molar-refractivity contribution in [3.63, 3.8) is 0 Å². The lowest BCUT2D eigenvalue weighted by atomic mass is 10.1. The zero-order valence-corrected chi connectivity index (χ0v) is 26.6. The summed E-state index contributed by atoms with van der Waals surface area (Å²) in [5, 5.41) is 23.3. The second kappa shape index (κ2) is 13.6. The molecule has 4 aliphatic heterocycles. The molecule has 0 unspecified atom stereocenters. The predicted molar refractivity (Wildman–Crippen MR) is 177 cm³/mol. The molecule has 2 amide bonds. The van der Waals surface area contributed by atoms with E-state index >= 15 is 0 Å². The summed E-state index contributed by atoms with van der Waals surface area (Å²) in [5.74, 6) is -0.724. The fourth-order valence-corrected chi connectivity index (χ4v) is 7.14. The Labute approximate surface area is 272 Å². The van der Waals surface area contributed by atoms with Gasteiger partial charge < -0.3 is 35.8 Å². The molecule has 4 aliphatic rings. The molecule has 13 nitrogen and oxygen atoms in total. The van der Waals surface area contributed by atoms with E-state index in [0.717, 1.165) is 58.5 Å². The predicted octanol–water partition coefficient (Wildman–Crippen LogP) is 1.95. The zero-order chi connectivity index (χ0) is 33.2. The first-order valence-corrected chi connectivity index (χ1v) is 16.4. The molecule has 0 aliphatic carbocycles. The van der Waals surface area contributed by atoms with Crippen LogP contribution in [0.15, 0.2) is 46.0 Å². The monoisotopic (exact) mass is 646 g/mol. The lowest BCUT2D eigenvalue weighted by Gasteiger charge is -2.37. The van der Waals surface area contributed by atoms with Crippen molar-refractivity contribution < 1.29 is 24.5 Å². The van der Waals surface area contributed by atoms with Gasteiger partial charge in [-0.25, -0.2) is 0 Å². The Kier molecular flexibility index (Phi) is 9.37. The van der Waals surface area contributed by atoms with Gasteiger partial charge in [0.2, 0.25) is 0 Å². The number of amides is 2. The summed E-state index contributed by atoms with van der Waals surface area (Å²) in [6, 6.07) is 10.6. The molecule has 5 N–H and O–H groups in total. The van der Waals surface area contributed by atoms with E-state index in [-0.39, 0.29) is 58.3 Å². The molecule has 0 saturated carbocycles. The van der Waals surface area contributed by atoms with E-state index in [2.05, 4.69) is 15.1 Å². The number of phenols is 2. The number of fused-ring (bicyclic) bond motifs is 2. The summed E-state index contributed by atoms with van der Waals surface area (Å²) in [6.07, 6.45) is 4.62. The van der Waals surface area contributed by atoms with Gasteiger partial charge in [-0.2, -0.15) is 0 Å². The number of para-hydroxylation sites is 2. The molecule has 0 bridgehead atoms. The van der Waals surface area contributed by atoms with Crippen molar-refractivity contribution in [1.29, 1.82) is 0 Å². The number of hydrogen-bond acceptors (Lipinski definition) is 11. The van der Waals surface area contributed by atoms with Gasteiger partial charge in [-0.05, 0) is 70.0 Å². The topological polar surface area (TPSA) is 169 Å². The minimum atomic E-state index is -0.697. The van der Waals surface area contributed by atoms with Gasteiger partial charge in [0.1, 0.15) is 5.69 Å². The standard InChI is InChI=1S/C20H23N3O5.C14H19N3O2/c1-2-28-19-15(17(25)18(19)26)21-14-7-3-6-13(16(14)24)20(27)23-10-9-22-8-4-5-12(22)11-23;15-12-5-1-4-11(13(12)18)14(19)17-8-7-16-6-2-3-10(16)9-17/h3,6-7,12,21,24H,2,4-5,8-11H2,1H3;1,4-5,10,18H,2-3,6-9,15H2/t12-;10-/m00/s1. The third-order valence-electron chi connectivity index (χ3n) is 9.73. The Morgan fingerprint density at radius 2 is 1.36 bits per heavy atom. The Hall–Kier alpha value is -4.62. The number of carbonyl (C=O) groups excluding carboxylic acids is 2. The number of benzene rings is 2. The van der Waals surface area contributed by atoms with E-state index in [1.165, 1.54) is 6.42 Å². The Morgan fingerprint density at radius 3 is 1.94 bits per heavy atom. The third-order valence-corrected chi connectivity index (χ3v) is 9.73. The van der Waals surface area contributed by atoms with Crippen molar-refractivity contribution in [1.82, 2.24) is 19.6 Å². The highest BCUT2D eigenvalue weighted by atomic mass is 16.5. The minimum Gasteiger partial charge on any atom is -0.505 e. The van der Waals surface area contributed by atoms with Crippen molar-refractivity contribution in [3.05, 3.63) is 68.0 Å². The fraction of sp³-hybridized carbons (Fsp3) is 0.471. The van der Waals surface area contributed by atoms with Gasteiger partial charge in [-0.15, -0.1) is 0 Å². The lowest BCUT2D eigenvalue weighted by Crippen LogP contribution is -2.52. The maximum Gasteiger partial charge on any atom is 0.272 e. The average molecular weight is 647 g/mol. The summed E-state index contributed by atoms with van der Waals surface area (Å²) in [6.45, 7) is 8.73. The highest BCUT2D eigenvalue weighted by Gasteiger charge is 2.35. The van der Waals surface area contributed by atoms with Gasteiger partial charge in [0, 0.05) is 51.4 Å². The first kappa shape index (κ1) is 32.3. The number of ether oxygens (including phenoxy) is 1. The largest absolute Gasteiger partial charge is 0.505 e.